The van der Waals surface area contributed by atoms with Crippen molar-refractivity contribution in [3.05, 3.63) is 0 Å². The van der Waals surface area contributed by atoms with Gasteiger partial charge in [0.1, 0.15) is 0 Å². The largest absolute Gasteiger partial charge is 0.340 e. The lowest BCUT2D eigenvalue weighted by Crippen LogP contribution is -2.54. The maximum atomic E-state index is 12.7. The molecule has 4 nitrogen and oxygen atoms in total. The molecule has 2 bridgehead atoms. The molecule has 6 heteroatoms. The third-order valence-corrected chi connectivity index (χ3v) is 5.62. The summed E-state index contributed by atoms with van der Waals surface area (Å²) in [6.07, 6.45) is 3.67. The predicted octanol–water partition coefficient (Wildman–Crippen LogP) is 1.76. The fourth-order valence-electron chi connectivity index (χ4n) is 4.37. The maximum Gasteiger partial charge on any atom is 0.227 e. The first-order valence-electron chi connectivity index (χ1n) is 7.86. The third-order valence-electron chi connectivity index (χ3n) is 5.62. The van der Waals surface area contributed by atoms with Gasteiger partial charge in [0.05, 0.1) is 5.92 Å². The molecule has 0 aromatic carbocycles. The Labute approximate surface area is 140 Å². The number of piperazine rings is 1. The normalized spacial score (nSPS) is 35.5. The molecule has 4 atom stereocenters. The van der Waals surface area contributed by atoms with Gasteiger partial charge in [-0.1, -0.05) is 0 Å². The fourth-order valence-corrected chi connectivity index (χ4v) is 4.37. The average molecular weight is 338 g/mol. The number of nitrogens with zero attached hydrogens (tertiary/aromatic N) is 2. The number of halogens is 2. The summed E-state index contributed by atoms with van der Waals surface area (Å²) in [4.78, 5) is 17.2. The molecule has 0 aromatic rings. The van der Waals surface area contributed by atoms with Gasteiger partial charge in [0.15, 0.2) is 0 Å². The van der Waals surface area contributed by atoms with Crippen molar-refractivity contribution >= 4 is 30.7 Å². The molecule has 2 saturated carbocycles. The molecular weight excluding hydrogens is 309 g/mol. The van der Waals surface area contributed by atoms with Gasteiger partial charge in [-0.3, -0.25) is 9.69 Å². The molecule has 124 valence electrons. The van der Waals surface area contributed by atoms with Crippen LogP contribution in [0, 0.1) is 17.8 Å². The molecule has 1 saturated heterocycles. The summed E-state index contributed by atoms with van der Waals surface area (Å²) < 4.78 is 0. The van der Waals surface area contributed by atoms with Crippen LogP contribution in [0.15, 0.2) is 0 Å². The zero-order chi connectivity index (χ0) is 13.6. The second kappa shape index (κ2) is 7.49. The van der Waals surface area contributed by atoms with Gasteiger partial charge in [-0.25, -0.2) is 0 Å². The number of rotatable bonds is 2. The Morgan fingerprint density at radius 2 is 1.62 bits per heavy atom. The molecule has 2 N–H and O–H groups in total. The Kier molecular flexibility index (Phi) is 6.79. The van der Waals surface area contributed by atoms with E-state index in [0.717, 1.165) is 26.2 Å². The third kappa shape index (κ3) is 3.49. The first kappa shape index (κ1) is 19.0. The molecule has 1 amide bonds. The van der Waals surface area contributed by atoms with Crippen molar-refractivity contribution in [1.29, 1.82) is 0 Å². The van der Waals surface area contributed by atoms with Crippen molar-refractivity contribution in [1.82, 2.24) is 9.80 Å². The summed E-state index contributed by atoms with van der Waals surface area (Å²) >= 11 is 0. The first-order chi connectivity index (χ1) is 9.08. The molecule has 3 fully saturated rings. The number of carbonyl (C=O) groups excluding carboxylic acids is 1. The van der Waals surface area contributed by atoms with Gasteiger partial charge >= 0.3 is 0 Å². The first-order valence-corrected chi connectivity index (χ1v) is 7.86. The van der Waals surface area contributed by atoms with E-state index in [1.165, 1.54) is 19.3 Å². The van der Waals surface area contributed by atoms with E-state index in [1.54, 1.807) is 0 Å². The lowest BCUT2D eigenvalue weighted by molar-refractivity contribution is -0.139. The minimum Gasteiger partial charge on any atom is -0.340 e. The van der Waals surface area contributed by atoms with E-state index in [-0.39, 0.29) is 36.8 Å². The molecular formula is C15H29Cl2N3O. The zero-order valence-electron chi connectivity index (χ0n) is 13.0. The summed E-state index contributed by atoms with van der Waals surface area (Å²) in [6.45, 7) is 8.25. The quantitative estimate of drug-likeness (QED) is 0.835. The molecule has 4 unspecified atom stereocenters. The summed E-state index contributed by atoms with van der Waals surface area (Å²) in [6, 6.07) is 0.719. The molecule has 21 heavy (non-hydrogen) atoms. The van der Waals surface area contributed by atoms with Crippen LogP contribution >= 0.6 is 24.8 Å². The second-order valence-corrected chi connectivity index (χ2v) is 6.89. The van der Waals surface area contributed by atoms with Crippen LogP contribution in [0.2, 0.25) is 0 Å². The molecule has 0 aromatic heterocycles. The van der Waals surface area contributed by atoms with Gasteiger partial charge in [-0.2, -0.15) is 0 Å². The number of hydrogen-bond donors (Lipinski definition) is 1. The van der Waals surface area contributed by atoms with E-state index in [0.29, 0.717) is 23.8 Å². The Balaban J connectivity index is 0.00000110. The van der Waals surface area contributed by atoms with E-state index in [1.807, 2.05) is 0 Å². The zero-order valence-corrected chi connectivity index (χ0v) is 14.7. The van der Waals surface area contributed by atoms with Crippen molar-refractivity contribution in [2.45, 2.75) is 45.2 Å². The topological polar surface area (TPSA) is 49.6 Å². The van der Waals surface area contributed by atoms with Gasteiger partial charge in [0.2, 0.25) is 5.91 Å². The molecule has 1 aliphatic heterocycles. The van der Waals surface area contributed by atoms with Crippen LogP contribution in [0.1, 0.15) is 33.1 Å². The van der Waals surface area contributed by atoms with Crippen LogP contribution in [-0.4, -0.2) is 54.0 Å². The van der Waals surface area contributed by atoms with E-state index >= 15 is 0 Å². The van der Waals surface area contributed by atoms with Gasteiger partial charge in [-0.15, -0.1) is 24.8 Å². The lowest BCUT2D eigenvalue weighted by atomic mass is 9.84. The minimum atomic E-state index is 0. The number of carbonyl (C=O) groups is 1. The van der Waals surface area contributed by atoms with E-state index < -0.39 is 0 Å². The molecule has 0 spiro atoms. The number of hydrogen-bond acceptors (Lipinski definition) is 3. The highest BCUT2D eigenvalue weighted by molar-refractivity contribution is 5.85. The van der Waals surface area contributed by atoms with Crippen molar-refractivity contribution < 1.29 is 4.79 Å². The van der Waals surface area contributed by atoms with E-state index in [4.69, 9.17) is 5.73 Å². The molecule has 3 aliphatic rings. The Hall–Kier alpha value is -0.0300. The Morgan fingerprint density at radius 3 is 2.10 bits per heavy atom. The van der Waals surface area contributed by atoms with Crippen LogP contribution in [-0.2, 0) is 4.79 Å². The summed E-state index contributed by atoms with van der Waals surface area (Å²) in [5, 5.41) is 0. The highest BCUT2D eigenvalue weighted by Gasteiger charge is 2.50. The molecule has 0 radical (unpaired) electrons. The molecule has 3 rings (SSSR count). The summed E-state index contributed by atoms with van der Waals surface area (Å²) in [5.41, 5.74) is 6.29. The minimum absolute atomic E-state index is 0. The van der Waals surface area contributed by atoms with Crippen LogP contribution < -0.4 is 5.73 Å². The summed E-state index contributed by atoms with van der Waals surface area (Å²) in [7, 11) is 0. The molecule has 1 heterocycles. The van der Waals surface area contributed by atoms with Gasteiger partial charge < -0.3 is 10.6 Å². The highest BCUT2D eigenvalue weighted by Crippen LogP contribution is 2.48. The predicted molar refractivity (Wildman–Crippen MR) is 90.1 cm³/mol. The van der Waals surface area contributed by atoms with Crippen molar-refractivity contribution in [3.63, 3.8) is 0 Å². The SMILES string of the molecule is CC(C)N1CCN(C(=O)C2C3CCC(C3)C2N)CC1.Cl.Cl. The van der Waals surface area contributed by atoms with Gasteiger partial charge in [-0.05, 0) is 44.9 Å². The van der Waals surface area contributed by atoms with Gasteiger partial charge in [0.25, 0.3) is 0 Å². The Morgan fingerprint density at radius 1 is 1.05 bits per heavy atom. The van der Waals surface area contributed by atoms with Crippen molar-refractivity contribution in [2.24, 2.45) is 23.5 Å². The fraction of sp³-hybridized carbons (Fsp3) is 0.933. The van der Waals surface area contributed by atoms with Crippen LogP contribution in [0.4, 0.5) is 0 Å². The monoisotopic (exact) mass is 337 g/mol. The van der Waals surface area contributed by atoms with E-state index in [9.17, 15) is 4.79 Å². The maximum absolute atomic E-state index is 12.7. The standard InChI is InChI=1S/C15H27N3O.2ClH/c1-10(2)17-5-7-18(8-6-17)15(19)13-11-3-4-12(9-11)14(13)16;;/h10-14H,3-9,16H2,1-2H3;2*1H. The van der Waals surface area contributed by atoms with Crippen molar-refractivity contribution in [3.8, 4) is 0 Å². The number of fused-ring (bicyclic) bond motifs is 2. The highest BCUT2D eigenvalue weighted by atomic mass is 35.5. The van der Waals surface area contributed by atoms with Crippen LogP contribution in [0.3, 0.4) is 0 Å². The molecule has 2 aliphatic carbocycles. The number of nitrogens with two attached hydrogens (primary N) is 1. The Bertz CT molecular complexity index is 357. The smallest absolute Gasteiger partial charge is 0.227 e. The van der Waals surface area contributed by atoms with Crippen LogP contribution in [0.25, 0.3) is 0 Å². The lowest BCUT2D eigenvalue weighted by Gasteiger charge is -2.39. The van der Waals surface area contributed by atoms with Crippen LogP contribution in [0.5, 0.6) is 0 Å². The van der Waals surface area contributed by atoms with Crippen molar-refractivity contribution in [2.75, 3.05) is 26.2 Å². The second-order valence-electron chi connectivity index (χ2n) is 6.89. The van der Waals surface area contributed by atoms with Gasteiger partial charge in [0, 0.05) is 38.3 Å². The number of amides is 1. The summed E-state index contributed by atoms with van der Waals surface area (Å²) in [5.74, 6) is 1.68. The van der Waals surface area contributed by atoms with E-state index in [2.05, 4.69) is 23.6 Å². The average Bonchev–Trinajstić information content (AvgIpc) is 2.99.